The molecule has 5 nitrogen and oxygen atoms in total. The molecule has 2 fully saturated rings. The molecule has 0 aromatic heterocycles. The molecule has 0 aromatic carbocycles. The Bertz CT molecular complexity index is 350. The second-order valence-corrected chi connectivity index (χ2v) is 6.50. The highest BCUT2D eigenvalue weighted by Gasteiger charge is 2.48. The Morgan fingerprint density at radius 3 is 2.86 bits per heavy atom. The average Bonchev–Trinajstić information content (AvgIpc) is 3.12. The van der Waals surface area contributed by atoms with E-state index in [9.17, 15) is 4.79 Å². The quantitative estimate of drug-likeness (QED) is 0.720. The van der Waals surface area contributed by atoms with Gasteiger partial charge in [-0.05, 0) is 51.1 Å². The predicted molar refractivity (Wildman–Crippen MR) is 82.2 cm³/mol. The summed E-state index contributed by atoms with van der Waals surface area (Å²) in [6.07, 6.45) is 5.07. The highest BCUT2D eigenvalue weighted by Crippen LogP contribution is 2.36. The SMILES string of the molecule is CCCNC1(C(=O)OC)CCC(N2CCC(COC)C2)C1. The van der Waals surface area contributed by atoms with Gasteiger partial charge < -0.3 is 14.8 Å². The van der Waals surface area contributed by atoms with E-state index in [1.807, 2.05) is 0 Å². The van der Waals surface area contributed by atoms with Crippen LogP contribution in [0.2, 0.25) is 0 Å². The number of ether oxygens (including phenoxy) is 2. The molecule has 0 amide bonds. The fourth-order valence-electron chi connectivity index (χ4n) is 3.87. The molecule has 0 aromatic rings. The number of carbonyl (C=O) groups is 1. The number of nitrogens with one attached hydrogen (secondary N) is 1. The molecule has 3 atom stereocenters. The Morgan fingerprint density at radius 1 is 1.38 bits per heavy atom. The van der Waals surface area contributed by atoms with Gasteiger partial charge in [0, 0.05) is 19.7 Å². The van der Waals surface area contributed by atoms with Crippen molar-refractivity contribution in [3.63, 3.8) is 0 Å². The van der Waals surface area contributed by atoms with Gasteiger partial charge in [0.2, 0.25) is 0 Å². The van der Waals surface area contributed by atoms with Crippen molar-refractivity contribution in [1.29, 1.82) is 0 Å². The minimum atomic E-state index is -0.464. The van der Waals surface area contributed by atoms with E-state index < -0.39 is 5.54 Å². The molecule has 3 unspecified atom stereocenters. The first kappa shape index (κ1) is 16.7. The summed E-state index contributed by atoms with van der Waals surface area (Å²) >= 11 is 0. The van der Waals surface area contributed by atoms with Gasteiger partial charge in [0.1, 0.15) is 5.54 Å². The van der Waals surface area contributed by atoms with Crippen LogP contribution in [0.1, 0.15) is 39.0 Å². The Balaban J connectivity index is 1.95. The molecular weight excluding hydrogens is 268 g/mol. The summed E-state index contributed by atoms with van der Waals surface area (Å²) in [7, 11) is 3.27. The van der Waals surface area contributed by atoms with E-state index in [0.717, 1.165) is 51.9 Å². The lowest BCUT2D eigenvalue weighted by molar-refractivity contribution is -0.148. The van der Waals surface area contributed by atoms with Gasteiger partial charge in [0.05, 0.1) is 13.7 Å². The third-order valence-electron chi connectivity index (χ3n) is 5.01. The number of hydrogen-bond donors (Lipinski definition) is 1. The maximum atomic E-state index is 12.2. The molecule has 1 saturated carbocycles. The van der Waals surface area contributed by atoms with Crippen LogP contribution in [-0.2, 0) is 14.3 Å². The van der Waals surface area contributed by atoms with Crippen LogP contribution in [0.4, 0.5) is 0 Å². The second kappa shape index (κ2) is 7.56. The zero-order valence-electron chi connectivity index (χ0n) is 13.7. The van der Waals surface area contributed by atoms with Crippen LogP contribution in [0.25, 0.3) is 0 Å². The van der Waals surface area contributed by atoms with E-state index in [1.165, 1.54) is 13.5 Å². The van der Waals surface area contributed by atoms with Crippen LogP contribution in [0.15, 0.2) is 0 Å². The molecule has 122 valence electrons. The molecule has 0 spiro atoms. The molecule has 1 saturated heterocycles. The minimum absolute atomic E-state index is 0.0916. The van der Waals surface area contributed by atoms with Gasteiger partial charge in [-0.3, -0.25) is 9.69 Å². The third-order valence-corrected chi connectivity index (χ3v) is 5.01. The second-order valence-electron chi connectivity index (χ2n) is 6.50. The van der Waals surface area contributed by atoms with Gasteiger partial charge in [-0.1, -0.05) is 6.92 Å². The molecule has 2 aliphatic rings. The van der Waals surface area contributed by atoms with Gasteiger partial charge in [-0.2, -0.15) is 0 Å². The standard InChI is InChI=1S/C16H30N2O3/c1-4-8-17-16(15(19)21-3)7-5-14(10-16)18-9-6-13(11-18)12-20-2/h13-14,17H,4-12H2,1-3H3. The van der Waals surface area contributed by atoms with Crippen molar-refractivity contribution in [2.75, 3.05) is 40.5 Å². The van der Waals surface area contributed by atoms with Gasteiger partial charge in [0.25, 0.3) is 0 Å². The third kappa shape index (κ3) is 3.76. The normalized spacial score (nSPS) is 33.5. The molecule has 2 rings (SSSR count). The smallest absolute Gasteiger partial charge is 0.326 e. The van der Waals surface area contributed by atoms with Crippen molar-refractivity contribution in [2.24, 2.45) is 5.92 Å². The first-order valence-corrected chi connectivity index (χ1v) is 8.21. The fraction of sp³-hybridized carbons (Fsp3) is 0.938. The van der Waals surface area contributed by atoms with Crippen molar-refractivity contribution in [3.05, 3.63) is 0 Å². The molecule has 1 N–H and O–H groups in total. The number of rotatable bonds is 7. The lowest BCUT2D eigenvalue weighted by atomic mass is 9.97. The van der Waals surface area contributed by atoms with E-state index >= 15 is 0 Å². The van der Waals surface area contributed by atoms with Crippen LogP contribution in [0.5, 0.6) is 0 Å². The van der Waals surface area contributed by atoms with Crippen LogP contribution in [0.3, 0.4) is 0 Å². The largest absolute Gasteiger partial charge is 0.468 e. The molecular formula is C16H30N2O3. The Labute approximate surface area is 128 Å². The van der Waals surface area contributed by atoms with Gasteiger partial charge in [-0.15, -0.1) is 0 Å². The fourth-order valence-corrected chi connectivity index (χ4v) is 3.87. The summed E-state index contributed by atoms with van der Waals surface area (Å²) in [5.41, 5.74) is -0.464. The first-order valence-electron chi connectivity index (χ1n) is 8.21. The van der Waals surface area contributed by atoms with E-state index in [1.54, 1.807) is 7.11 Å². The van der Waals surface area contributed by atoms with Crippen molar-refractivity contribution < 1.29 is 14.3 Å². The summed E-state index contributed by atoms with van der Waals surface area (Å²) < 4.78 is 10.3. The monoisotopic (exact) mass is 298 g/mol. The van der Waals surface area contributed by atoms with Gasteiger partial charge >= 0.3 is 5.97 Å². The van der Waals surface area contributed by atoms with Gasteiger partial charge in [-0.25, -0.2) is 0 Å². The van der Waals surface area contributed by atoms with Crippen molar-refractivity contribution in [1.82, 2.24) is 10.2 Å². The number of nitrogens with zero attached hydrogens (tertiary/aromatic N) is 1. The summed E-state index contributed by atoms with van der Waals surface area (Å²) in [6.45, 7) is 6.07. The summed E-state index contributed by atoms with van der Waals surface area (Å²) in [5, 5.41) is 3.46. The first-order chi connectivity index (χ1) is 10.1. The molecule has 21 heavy (non-hydrogen) atoms. The predicted octanol–water partition coefficient (Wildman–Crippen LogP) is 1.42. The number of hydrogen-bond acceptors (Lipinski definition) is 5. The van der Waals surface area contributed by atoms with Gasteiger partial charge in [0.15, 0.2) is 0 Å². The highest BCUT2D eigenvalue weighted by molar-refractivity contribution is 5.81. The molecule has 0 radical (unpaired) electrons. The Morgan fingerprint density at radius 2 is 2.19 bits per heavy atom. The lowest BCUT2D eigenvalue weighted by Crippen LogP contribution is -2.52. The van der Waals surface area contributed by atoms with E-state index in [4.69, 9.17) is 9.47 Å². The maximum absolute atomic E-state index is 12.2. The van der Waals surface area contributed by atoms with Crippen LogP contribution >= 0.6 is 0 Å². The Kier molecular flexibility index (Phi) is 6.02. The average molecular weight is 298 g/mol. The number of esters is 1. The highest BCUT2D eigenvalue weighted by atomic mass is 16.5. The number of methoxy groups -OCH3 is 2. The minimum Gasteiger partial charge on any atom is -0.468 e. The molecule has 0 bridgehead atoms. The number of carbonyl (C=O) groups excluding carboxylic acids is 1. The van der Waals surface area contributed by atoms with E-state index in [2.05, 4.69) is 17.1 Å². The summed E-state index contributed by atoms with van der Waals surface area (Å²) in [6, 6.07) is 0.496. The lowest BCUT2D eigenvalue weighted by Gasteiger charge is -2.30. The summed E-state index contributed by atoms with van der Waals surface area (Å²) in [5.74, 6) is 0.554. The van der Waals surface area contributed by atoms with Crippen molar-refractivity contribution in [3.8, 4) is 0 Å². The molecule has 1 aliphatic carbocycles. The van der Waals surface area contributed by atoms with Crippen LogP contribution in [0, 0.1) is 5.92 Å². The van der Waals surface area contributed by atoms with Crippen LogP contribution in [-0.4, -0.2) is 62.9 Å². The molecule has 5 heteroatoms. The molecule has 1 heterocycles. The number of likely N-dealkylation sites (tertiary alicyclic amines) is 1. The topological polar surface area (TPSA) is 50.8 Å². The van der Waals surface area contributed by atoms with E-state index in [-0.39, 0.29) is 5.97 Å². The van der Waals surface area contributed by atoms with Crippen molar-refractivity contribution >= 4 is 5.97 Å². The van der Waals surface area contributed by atoms with E-state index in [0.29, 0.717) is 12.0 Å². The maximum Gasteiger partial charge on any atom is 0.326 e. The zero-order valence-corrected chi connectivity index (χ0v) is 13.7. The molecule has 1 aliphatic heterocycles. The van der Waals surface area contributed by atoms with Crippen molar-refractivity contribution in [2.45, 2.75) is 50.6 Å². The van der Waals surface area contributed by atoms with Crippen LogP contribution < -0.4 is 5.32 Å². The Hall–Kier alpha value is -0.650. The zero-order chi connectivity index (χ0) is 15.3. The summed E-state index contributed by atoms with van der Waals surface area (Å²) in [4.78, 5) is 14.8.